The molecule has 1 fully saturated rings. The minimum Gasteiger partial charge on any atom is -0.287 e. The predicted octanol–water partition coefficient (Wildman–Crippen LogP) is 3.46. The van der Waals surface area contributed by atoms with Crippen molar-refractivity contribution in [2.75, 3.05) is 13.2 Å². The summed E-state index contributed by atoms with van der Waals surface area (Å²) < 4.78 is 28.3. The van der Waals surface area contributed by atoms with Crippen LogP contribution < -0.4 is 0 Å². The first-order chi connectivity index (χ1) is 8.22. The van der Waals surface area contributed by atoms with Crippen molar-refractivity contribution in [1.29, 1.82) is 0 Å². The van der Waals surface area contributed by atoms with Crippen LogP contribution in [0.1, 0.15) is 25.7 Å². The molecule has 0 aromatic carbocycles. The van der Waals surface area contributed by atoms with Crippen molar-refractivity contribution in [2.45, 2.75) is 31.8 Å². The first kappa shape index (κ1) is 13.0. The Balaban J connectivity index is 2.16. The highest BCUT2D eigenvalue weighted by Gasteiger charge is 2.35. The Hall–Kier alpha value is -0.410. The Morgan fingerprint density at radius 3 is 3.06 bits per heavy atom. The van der Waals surface area contributed by atoms with Gasteiger partial charge in [0.15, 0.2) is 0 Å². The molecule has 2 unspecified atom stereocenters. The number of rotatable bonds is 1. The van der Waals surface area contributed by atoms with Gasteiger partial charge in [-0.05, 0) is 25.7 Å². The summed E-state index contributed by atoms with van der Waals surface area (Å²) in [6.07, 6.45) is 9.33. The van der Waals surface area contributed by atoms with Gasteiger partial charge >= 0.3 is 7.82 Å². The lowest BCUT2D eigenvalue weighted by Crippen LogP contribution is -2.11. The van der Waals surface area contributed by atoms with E-state index in [4.69, 9.17) is 13.6 Å². The number of allylic oxidation sites excluding steroid dienone is 1. The van der Waals surface area contributed by atoms with Crippen LogP contribution in [-0.2, 0) is 18.1 Å². The van der Waals surface area contributed by atoms with Gasteiger partial charge in [0.2, 0.25) is 0 Å². The molecular formula is C12H19O4P. The Morgan fingerprint density at radius 1 is 1.35 bits per heavy atom. The molecule has 0 spiro atoms. The van der Waals surface area contributed by atoms with Crippen molar-refractivity contribution >= 4 is 7.82 Å². The summed E-state index contributed by atoms with van der Waals surface area (Å²) in [6.45, 7) is 4.54. The van der Waals surface area contributed by atoms with Crippen LogP contribution in [0.3, 0.4) is 0 Å². The van der Waals surface area contributed by atoms with E-state index in [0.29, 0.717) is 13.2 Å². The topological polar surface area (TPSA) is 44.8 Å². The highest BCUT2D eigenvalue weighted by Crippen LogP contribution is 2.53. The fourth-order valence-electron chi connectivity index (χ4n) is 1.93. The van der Waals surface area contributed by atoms with Gasteiger partial charge in [0.25, 0.3) is 0 Å². The van der Waals surface area contributed by atoms with Gasteiger partial charge in [-0.15, -0.1) is 6.58 Å². The third kappa shape index (κ3) is 3.78. The summed E-state index contributed by atoms with van der Waals surface area (Å²) in [7, 11) is -3.37. The molecule has 0 radical (unpaired) electrons. The van der Waals surface area contributed by atoms with E-state index in [1.54, 1.807) is 0 Å². The van der Waals surface area contributed by atoms with Crippen molar-refractivity contribution in [2.24, 2.45) is 5.92 Å². The second-order valence-corrected chi connectivity index (χ2v) is 6.00. The average molecular weight is 258 g/mol. The van der Waals surface area contributed by atoms with Gasteiger partial charge in [-0.3, -0.25) is 13.6 Å². The zero-order chi connectivity index (χ0) is 12.1. The van der Waals surface area contributed by atoms with Gasteiger partial charge in [0.05, 0.1) is 19.3 Å². The Labute approximate surface area is 102 Å². The molecular weight excluding hydrogens is 239 g/mol. The molecule has 0 aromatic rings. The molecule has 1 saturated heterocycles. The average Bonchev–Trinajstić information content (AvgIpc) is 2.47. The molecule has 17 heavy (non-hydrogen) atoms. The summed E-state index contributed by atoms with van der Waals surface area (Å²) in [5, 5.41) is 0. The van der Waals surface area contributed by atoms with Crippen LogP contribution in [0.5, 0.6) is 0 Å². The third-order valence-corrected chi connectivity index (χ3v) is 4.44. The summed E-state index contributed by atoms with van der Waals surface area (Å²) in [5.41, 5.74) is 0. The summed E-state index contributed by atoms with van der Waals surface area (Å²) >= 11 is 0. The maximum absolute atomic E-state index is 12.2. The maximum atomic E-state index is 12.2. The van der Waals surface area contributed by atoms with Crippen LogP contribution in [0.2, 0.25) is 0 Å². The van der Waals surface area contributed by atoms with E-state index in [1.807, 2.05) is 12.2 Å². The maximum Gasteiger partial charge on any atom is 0.475 e. The fourth-order valence-corrected chi connectivity index (χ4v) is 3.34. The van der Waals surface area contributed by atoms with Crippen LogP contribution in [0.25, 0.3) is 0 Å². The molecule has 5 heteroatoms. The Morgan fingerprint density at radius 2 is 2.24 bits per heavy atom. The fraction of sp³-hybridized carbons (Fsp3) is 0.667. The Kier molecular flexibility index (Phi) is 4.57. The molecule has 3 atom stereocenters. The molecule has 4 nitrogen and oxygen atoms in total. The van der Waals surface area contributed by atoms with Gasteiger partial charge < -0.3 is 0 Å². The van der Waals surface area contributed by atoms with Crippen LogP contribution >= 0.6 is 7.82 Å². The van der Waals surface area contributed by atoms with Crippen molar-refractivity contribution in [3.8, 4) is 0 Å². The third-order valence-electron chi connectivity index (χ3n) is 2.94. The number of hydrogen-bond acceptors (Lipinski definition) is 4. The van der Waals surface area contributed by atoms with Gasteiger partial charge in [-0.25, -0.2) is 4.57 Å². The van der Waals surface area contributed by atoms with Gasteiger partial charge in [0.1, 0.15) is 0 Å². The molecule has 2 heterocycles. The SMILES string of the molecule is C=CC1COP2(=O)OCCCC/C=C\[C@@H](C1)O2. The van der Waals surface area contributed by atoms with E-state index in [1.165, 1.54) is 0 Å². The molecule has 0 aromatic heterocycles. The largest absolute Gasteiger partial charge is 0.475 e. The van der Waals surface area contributed by atoms with E-state index in [-0.39, 0.29) is 12.0 Å². The molecule has 0 aliphatic carbocycles. The lowest BCUT2D eigenvalue weighted by Gasteiger charge is -2.19. The zero-order valence-electron chi connectivity index (χ0n) is 9.92. The van der Waals surface area contributed by atoms with Gasteiger partial charge in [-0.2, -0.15) is 0 Å². The standard InChI is InChI=1S/C12H19O4P/c1-2-11-9-12-7-5-3-4-6-8-14-17(13,16-12)15-10-11/h2,5,7,11-12H,1,3-4,6,8-10H2/b7-5-/t11?,12-,17?/m0/s1. The molecule has 2 rings (SSSR count). The first-order valence-corrected chi connectivity index (χ1v) is 7.55. The molecule has 0 amide bonds. The number of phosphoric acid groups is 1. The number of fused-ring (bicyclic) bond motifs is 2. The van der Waals surface area contributed by atoms with Gasteiger partial charge in [0, 0.05) is 5.92 Å². The highest BCUT2D eigenvalue weighted by atomic mass is 31.2. The van der Waals surface area contributed by atoms with Crippen LogP contribution in [0.4, 0.5) is 0 Å². The minimum atomic E-state index is -3.37. The smallest absolute Gasteiger partial charge is 0.287 e. The van der Waals surface area contributed by atoms with Crippen molar-refractivity contribution in [3.05, 3.63) is 24.8 Å². The molecule has 2 bridgehead atoms. The van der Waals surface area contributed by atoms with Crippen molar-refractivity contribution in [3.63, 3.8) is 0 Å². The van der Waals surface area contributed by atoms with E-state index < -0.39 is 7.82 Å². The van der Waals surface area contributed by atoms with Crippen LogP contribution in [0, 0.1) is 5.92 Å². The lowest BCUT2D eigenvalue weighted by molar-refractivity contribution is 0.111. The second kappa shape index (κ2) is 5.96. The van der Waals surface area contributed by atoms with Gasteiger partial charge in [-0.1, -0.05) is 18.2 Å². The minimum absolute atomic E-state index is 0.157. The number of hydrogen-bond donors (Lipinski definition) is 0. The number of phosphoric ester groups is 1. The van der Waals surface area contributed by atoms with E-state index >= 15 is 0 Å². The Bertz CT molecular complexity index is 339. The lowest BCUT2D eigenvalue weighted by atomic mass is 10.0. The monoisotopic (exact) mass is 258 g/mol. The molecule has 0 saturated carbocycles. The molecule has 2 aliphatic rings. The summed E-state index contributed by atoms with van der Waals surface area (Å²) in [4.78, 5) is 0. The normalized spacial score (nSPS) is 41.2. The van der Waals surface area contributed by atoms with Crippen molar-refractivity contribution in [1.82, 2.24) is 0 Å². The van der Waals surface area contributed by atoms with E-state index in [2.05, 4.69) is 12.7 Å². The van der Waals surface area contributed by atoms with E-state index in [0.717, 1.165) is 25.7 Å². The summed E-state index contributed by atoms with van der Waals surface area (Å²) in [6, 6.07) is 0. The van der Waals surface area contributed by atoms with E-state index in [9.17, 15) is 4.57 Å². The second-order valence-electron chi connectivity index (χ2n) is 4.38. The zero-order valence-corrected chi connectivity index (χ0v) is 10.8. The molecule has 2 aliphatic heterocycles. The van der Waals surface area contributed by atoms with Crippen LogP contribution in [0.15, 0.2) is 24.8 Å². The van der Waals surface area contributed by atoms with Crippen LogP contribution in [-0.4, -0.2) is 19.3 Å². The van der Waals surface area contributed by atoms with Crippen molar-refractivity contribution < 1.29 is 18.1 Å². The summed E-state index contributed by atoms with van der Waals surface area (Å²) in [5.74, 6) is 0.157. The predicted molar refractivity (Wildman–Crippen MR) is 65.7 cm³/mol. The highest BCUT2D eigenvalue weighted by molar-refractivity contribution is 7.48. The molecule has 96 valence electrons. The molecule has 0 N–H and O–H groups in total. The quantitative estimate of drug-likeness (QED) is 0.533. The first-order valence-electron chi connectivity index (χ1n) is 6.08.